The quantitative estimate of drug-likeness (QED) is 0.868. The van der Waals surface area contributed by atoms with Crippen LogP contribution in [0.1, 0.15) is 35.2 Å². The summed E-state index contributed by atoms with van der Waals surface area (Å²) < 4.78 is 0. The summed E-state index contributed by atoms with van der Waals surface area (Å²) in [6, 6.07) is 11.8. The van der Waals surface area contributed by atoms with Crippen LogP contribution in [0.2, 0.25) is 5.02 Å². The molecule has 2 nitrogen and oxygen atoms in total. The second-order valence-electron chi connectivity index (χ2n) is 5.24. The van der Waals surface area contributed by atoms with E-state index in [1.807, 2.05) is 0 Å². The van der Waals surface area contributed by atoms with E-state index in [9.17, 15) is 5.11 Å². The molecule has 0 amide bonds. The average molecular weight is 290 g/mol. The summed E-state index contributed by atoms with van der Waals surface area (Å²) in [4.78, 5) is 0. The Morgan fingerprint density at radius 2 is 1.90 bits per heavy atom. The third-order valence-corrected chi connectivity index (χ3v) is 3.77. The van der Waals surface area contributed by atoms with Gasteiger partial charge >= 0.3 is 0 Å². The zero-order valence-corrected chi connectivity index (χ0v) is 12.8. The van der Waals surface area contributed by atoms with Gasteiger partial charge in [-0.3, -0.25) is 0 Å². The monoisotopic (exact) mass is 289 g/mol. The van der Waals surface area contributed by atoms with Gasteiger partial charge in [0, 0.05) is 23.2 Å². The number of rotatable bonds is 4. The predicted octanol–water partition coefficient (Wildman–Crippen LogP) is 4.51. The van der Waals surface area contributed by atoms with E-state index in [2.05, 4.69) is 44.3 Å². The molecule has 1 unspecified atom stereocenters. The maximum absolute atomic E-state index is 9.81. The number of phenols is 1. The van der Waals surface area contributed by atoms with Gasteiger partial charge in [0.25, 0.3) is 0 Å². The summed E-state index contributed by atoms with van der Waals surface area (Å²) in [6.45, 7) is 6.93. The van der Waals surface area contributed by atoms with Crippen LogP contribution in [0.25, 0.3) is 0 Å². The summed E-state index contributed by atoms with van der Waals surface area (Å²) in [7, 11) is 0. The van der Waals surface area contributed by atoms with Crippen molar-refractivity contribution in [3.8, 4) is 5.75 Å². The Balaban J connectivity index is 2.08. The zero-order valence-electron chi connectivity index (χ0n) is 12.1. The van der Waals surface area contributed by atoms with Crippen LogP contribution >= 0.6 is 11.6 Å². The molecule has 0 saturated heterocycles. The van der Waals surface area contributed by atoms with Gasteiger partial charge in [-0.05, 0) is 50.1 Å². The second kappa shape index (κ2) is 6.29. The van der Waals surface area contributed by atoms with Crippen molar-refractivity contribution in [2.45, 2.75) is 33.4 Å². The molecular formula is C17H20ClNO. The van der Waals surface area contributed by atoms with Gasteiger partial charge in [-0.2, -0.15) is 0 Å². The van der Waals surface area contributed by atoms with Crippen LogP contribution in [0, 0.1) is 13.8 Å². The molecule has 0 aliphatic rings. The molecule has 0 aliphatic heterocycles. The van der Waals surface area contributed by atoms with Crippen LogP contribution in [-0.4, -0.2) is 5.11 Å². The fourth-order valence-electron chi connectivity index (χ4n) is 2.38. The highest BCUT2D eigenvalue weighted by atomic mass is 35.5. The van der Waals surface area contributed by atoms with Gasteiger partial charge in [0.15, 0.2) is 0 Å². The van der Waals surface area contributed by atoms with Crippen molar-refractivity contribution >= 4 is 11.6 Å². The number of hydrogen-bond acceptors (Lipinski definition) is 2. The normalized spacial score (nSPS) is 12.4. The SMILES string of the molecule is Cc1ccc(C(C)NCc2cc(Cl)ccc2O)c(C)c1. The van der Waals surface area contributed by atoms with Crippen molar-refractivity contribution in [1.82, 2.24) is 5.32 Å². The van der Waals surface area contributed by atoms with Crippen LogP contribution in [0.3, 0.4) is 0 Å². The van der Waals surface area contributed by atoms with Crippen LogP contribution in [0.4, 0.5) is 0 Å². The van der Waals surface area contributed by atoms with Crippen molar-refractivity contribution in [2.24, 2.45) is 0 Å². The van der Waals surface area contributed by atoms with Gasteiger partial charge in [0.1, 0.15) is 5.75 Å². The van der Waals surface area contributed by atoms with Crippen LogP contribution in [0.15, 0.2) is 36.4 Å². The van der Waals surface area contributed by atoms with Gasteiger partial charge in [-0.1, -0.05) is 35.4 Å². The Hall–Kier alpha value is -1.51. The first-order valence-corrected chi connectivity index (χ1v) is 7.13. The lowest BCUT2D eigenvalue weighted by atomic mass is 10.00. The standard InChI is InChI=1S/C17H20ClNO/c1-11-4-6-16(12(2)8-11)13(3)19-10-14-9-15(18)5-7-17(14)20/h4-9,13,19-20H,10H2,1-3H3. The minimum absolute atomic E-state index is 0.217. The lowest BCUT2D eigenvalue weighted by Gasteiger charge is -2.17. The summed E-state index contributed by atoms with van der Waals surface area (Å²) in [5.41, 5.74) is 4.64. The molecule has 0 spiro atoms. The summed E-state index contributed by atoms with van der Waals surface area (Å²) in [5, 5.41) is 13.9. The van der Waals surface area contributed by atoms with Crippen molar-refractivity contribution in [2.75, 3.05) is 0 Å². The first-order chi connectivity index (χ1) is 9.47. The molecule has 0 saturated carbocycles. The fraction of sp³-hybridized carbons (Fsp3) is 0.294. The summed E-state index contributed by atoms with van der Waals surface area (Å²) in [6.07, 6.45) is 0. The van der Waals surface area contributed by atoms with E-state index in [0.29, 0.717) is 11.6 Å². The van der Waals surface area contributed by atoms with E-state index in [4.69, 9.17) is 11.6 Å². The van der Waals surface area contributed by atoms with Gasteiger partial charge in [0.2, 0.25) is 0 Å². The summed E-state index contributed by atoms with van der Waals surface area (Å²) in [5.74, 6) is 0.273. The molecule has 0 aliphatic carbocycles. The largest absolute Gasteiger partial charge is 0.508 e. The molecule has 0 radical (unpaired) electrons. The molecule has 20 heavy (non-hydrogen) atoms. The van der Waals surface area contributed by atoms with Crippen molar-refractivity contribution in [3.05, 3.63) is 63.7 Å². The molecule has 0 fully saturated rings. The highest BCUT2D eigenvalue weighted by Crippen LogP contribution is 2.23. The van der Waals surface area contributed by atoms with Gasteiger partial charge in [0.05, 0.1) is 0 Å². The highest BCUT2D eigenvalue weighted by Gasteiger charge is 2.09. The first-order valence-electron chi connectivity index (χ1n) is 6.75. The Labute approximate surface area is 125 Å². The molecule has 2 rings (SSSR count). The van der Waals surface area contributed by atoms with E-state index >= 15 is 0 Å². The third-order valence-electron chi connectivity index (χ3n) is 3.53. The number of aryl methyl sites for hydroxylation is 2. The smallest absolute Gasteiger partial charge is 0.120 e. The van der Waals surface area contributed by atoms with E-state index in [-0.39, 0.29) is 11.8 Å². The first kappa shape index (κ1) is 14.9. The van der Waals surface area contributed by atoms with Crippen molar-refractivity contribution < 1.29 is 5.11 Å². The highest BCUT2D eigenvalue weighted by molar-refractivity contribution is 6.30. The predicted molar refractivity (Wildman–Crippen MR) is 84.3 cm³/mol. The maximum atomic E-state index is 9.81. The third kappa shape index (κ3) is 3.53. The van der Waals surface area contributed by atoms with Crippen molar-refractivity contribution in [1.29, 1.82) is 0 Å². The minimum Gasteiger partial charge on any atom is -0.508 e. The fourth-order valence-corrected chi connectivity index (χ4v) is 2.57. The molecule has 0 heterocycles. The molecule has 2 aromatic rings. The topological polar surface area (TPSA) is 32.3 Å². The molecule has 3 heteroatoms. The van der Waals surface area contributed by atoms with E-state index in [1.54, 1.807) is 18.2 Å². The number of nitrogens with one attached hydrogen (secondary N) is 1. The van der Waals surface area contributed by atoms with Crippen LogP contribution in [-0.2, 0) is 6.54 Å². The maximum Gasteiger partial charge on any atom is 0.120 e. The number of hydrogen-bond donors (Lipinski definition) is 2. The van der Waals surface area contributed by atoms with Gasteiger partial charge in [-0.25, -0.2) is 0 Å². The second-order valence-corrected chi connectivity index (χ2v) is 5.67. The number of halogens is 1. The lowest BCUT2D eigenvalue weighted by Crippen LogP contribution is -2.19. The Bertz CT molecular complexity index is 610. The molecular weight excluding hydrogens is 270 g/mol. The number of aromatic hydroxyl groups is 1. The number of benzene rings is 2. The van der Waals surface area contributed by atoms with Crippen LogP contribution < -0.4 is 5.32 Å². The number of phenolic OH excluding ortho intramolecular Hbond substituents is 1. The van der Waals surface area contributed by atoms with Crippen molar-refractivity contribution in [3.63, 3.8) is 0 Å². The minimum atomic E-state index is 0.217. The van der Waals surface area contributed by atoms with E-state index in [1.165, 1.54) is 16.7 Å². The van der Waals surface area contributed by atoms with E-state index < -0.39 is 0 Å². The Morgan fingerprint density at radius 3 is 2.60 bits per heavy atom. The average Bonchev–Trinajstić information content (AvgIpc) is 2.39. The lowest BCUT2D eigenvalue weighted by molar-refractivity contribution is 0.460. The van der Waals surface area contributed by atoms with Gasteiger partial charge < -0.3 is 10.4 Å². The molecule has 0 aromatic heterocycles. The Kier molecular flexibility index (Phi) is 4.69. The zero-order chi connectivity index (χ0) is 14.7. The van der Waals surface area contributed by atoms with Crippen LogP contribution in [0.5, 0.6) is 5.75 Å². The molecule has 2 N–H and O–H groups in total. The molecule has 1 atom stereocenters. The van der Waals surface area contributed by atoms with Gasteiger partial charge in [-0.15, -0.1) is 0 Å². The molecule has 106 valence electrons. The molecule has 0 bridgehead atoms. The van der Waals surface area contributed by atoms with E-state index in [0.717, 1.165) is 5.56 Å². The molecule has 2 aromatic carbocycles. The summed E-state index contributed by atoms with van der Waals surface area (Å²) >= 11 is 5.95. The Morgan fingerprint density at radius 1 is 1.15 bits per heavy atom.